The highest BCUT2D eigenvalue weighted by Gasteiger charge is 2.13. The molecular weight excluding hydrogens is 268 g/mol. The van der Waals surface area contributed by atoms with Gasteiger partial charge in [-0.1, -0.05) is 19.1 Å². The van der Waals surface area contributed by atoms with Crippen LogP contribution in [-0.2, 0) is 16.1 Å². The van der Waals surface area contributed by atoms with Gasteiger partial charge < -0.3 is 9.88 Å². The molecule has 0 radical (unpaired) electrons. The van der Waals surface area contributed by atoms with Crippen molar-refractivity contribution in [2.24, 2.45) is 0 Å². The number of imidazole rings is 1. The lowest BCUT2D eigenvalue weighted by Gasteiger charge is -2.08. The maximum atomic E-state index is 11.9. The highest BCUT2D eigenvalue weighted by molar-refractivity contribution is 5.93. The molecule has 0 bridgehead atoms. The topological polar surface area (TPSA) is 76.0 Å². The molecule has 112 valence electrons. The molecule has 0 aliphatic carbocycles. The molecule has 1 aromatic heterocycles. The Kier molecular flexibility index (Phi) is 4.92. The number of carbonyl (C=O) groups is 2. The van der Waals surface area contributed by atoms with Gasteiger partial charge in [-0.2, -0.15) is 0 Å². The summed E-state index contributed by atoms with van der Waals surface area (Å²) in [6, 6.07) is 7.77. The largest absolute Gasteiger partial charge is 0.359 e. The van der Waals surface area contributed by atoms with Gasteiger partial charge in [-0.15, -0.1) is 0 Å². The van der Waals surface area contributed by atoms with Crippen molar-refractivity contribution in [3.8, 4) is 0 Å². The Hall–Kier alpha value is -2.37. The van der Waals surface area contributed by atoms with Crippen LogP contribution in [-0.4, -0.2) is 28.4 Å². The second kappa shape index (κ2) is 6.88. The molecule has 2 N–H and O–H groups in total. The van der Waals surface area contributed by atoms with Crippen LogP contribution in [0.3, 0.4) is 0 Å². The van der Waals surface area contributed by atoms with Gasteiger partial charge in [-0.05, 0) is 18.6 Å². The summed E-state index contributed by atoms with van der Waals surface area (Å²) in [5.74, 6) is 0.193. The molecular formula is C15H20N4O2. The summed E-state index contributed by atoms with van der Waals surface area (Å²) in [5, 5.41) is 5.29. The van der Waals surface area contributed by atoms with Crippen molar-refractivity contribution in [1.29, 1.82) is 0 Å². The van der Waals surface area contributed by atoms with Crippen LogP contribution in [0.25, 0.3) is 11.0 Å². The number of anilines is 1. The molecule has 0 aliphatic heterocycles. The summed E-state index contributed by atoms with van der Waals surface area (Å²) in [5.41, 5.74) is 1.86. The number of hydrogen-bond acceptors (Lipinski definition) is 3. The predicted molar refractivity (Wildman–Crippen MR) is 82.0 cm³/mol. The van der Waals surface area contributed by atoms with Crippen LogP contribution in [0, 0.1) is 0 Å². The van der Waals surface area contributed by atoms with Crippen LogP contribution >= 0.6 is 0 Å². The molecule has 2 amide bonds. The second-order valence-corrected chi connectivity index (χ2v) is 4.80. The fourth-order valence-corrected chi connectivity index (χ4v) is 2.16. The van der Waals surface area contributed by atoms with Crippen LogP contribution in [0.4, 0.5) is 5.95 Å². The lowest BCUT2D eigenvalue weighted by molar-refractivity contribution is -0.124. The van der Waals surface area contributed by atoms with Crippen LogP contribution in [0.1, 0.15) is 26.2 Å². The van der Waals surface area contributed by atoms with Gasteiger partial charge >= 0.3 is 0 Å². The van der Waals surface area contributed by atoms with E-state index in [-0.39, 0.29) is 24.7 Å². The predicted octanol–water partition coefficient (Wildman–Crippen LogP) is 1.91. The van der Waals surface area contributed by atoms with Gasteiger partial charge in [0.1, 0.15) is 0 Å². The summed E-state index contributed by atoms with van der Waals surface area (Å²) in [6.45, 7) is 2.86. The zero-order chi connectivity index (χ0) is 15.2. The van der Waals surface area contributed by atoms with Crippen molar-refractivity contribution in [3.05, 3.63) is 24.3 Å². The molecule has 0 fully saturated rings. The van der Waals surface area contributed by atoms with E-state index >= 15 is 0 Å². The minimum absolute atomic E-state index is 0.146. The number of benzene rings is 1. The molecule has 0 saturated carbocycles. The van der Waals surface area contributed by atoms with Gasteiger partial charge in [0.15, 0.2) is 0 Å². The number of carbonyl (C=O) groups excluding carboxylic acids is 2. The Morgan fingerprint density at radius 3 is 2.62 bits per heavy atom. The van der Waals surface area contributed by atoms with Gasteiger partial charge in [-0.3, -0.25) is 14.9 Å². The Labute approximate surface area is 123 Å². The van der Waals surface area contributed by atoms with E-state index in [1.165, 1.54) is 0 Å². The number of nitrogens with zero attached hydrogens (tertiary/aromatic N) is 2. The fraction of sp³-hybridized carbons (Fsp3) is 0.400. The van der Waals surface area contributed by atoms with Crippen LogP contribution in [0.2, 0.25) is 0 Å². The number of rotatable bonds is 6. The quantitative estimate of drug-likeness (QED) is 0.852. The SMILES string of the molecule is CCCn1c(NC(=O)CCC(=O)NC)nc2ccccc21. The van der Waals surface area contributed by atoms with Crippen LogP contribution in [0.15, 0.2) is 24.3 Å². The zero-order valence-electron chi connectivity index (χ0n) is 12.3. The molecule has 2 rings (SSSR count). The standard InChI is InChI=1S/C15H20N4O2/c1-3-10-19-12-7-5-4-6-11(12)17-15(19)18-14(21)9-8-13(20)16-2/h4-7H,3,8-10H2,1-2H3,(H,16,20)(H,17,18,21). The van der Waals surface area contributed by atoms with E-state index in [0.29, 0.717) is 5.95 Å². The Balaban J connectivity index is 2.15. The van der Waals surface area contributed by atoms with E-state index in [9.17, 15) is 9.59 Å². The van der Waals surface area contributed by atoms with Crippen molar-refractivity contribution in [2.45, 2.75) is 32.7 Å². The third-order valence-corrected chi connectivity index (χ3v) is 3.21. The Morgan fingerprint density at radius 2 is 1.90 bits per heavy atom. The average molecular weight is 288 g/mol. The van der Waals surface area contributed by atoms with Crippen molar-refractivity contribution in [2.75, 3.05) is 12.4 Å². The molecule has 0 unspecified atom stereocenters. The molecule has 6 nitrogen and oxygen atoms in total. The van der Waals surface area contributed by atoms with Gasteiger partial charge in [-0.25, -0.2) is 4.98 Å². The lowest BCUT2D eigenvalue weighted by Crippen LogP contribution is -2.21. The maximum absolute atomic E-state index is 11.9. The zero-order valence-corrected chi connectivity index (χ0v) is 12.3. The number of amides is 2. The lowest BCUT2D eigenvalue weighted by atomic mass is 10.3. The maximum Gasteiger partial charge on any atom is 0.227 e. The van der Waals surface area contributed by atoms with Crippen LogP contribution in [0.5, 0.6) is 0 Å². The minimum atomic E-state index is -0.203. The number of aromatic nitrogens is 2. The summed E-state index contributed by atoms with van der Waals surface area (Å²) >= 11 is 0. The van der Waals surface area contributed by atoms with E-state index in [4.69, 9.17) is 0 Å². The average Bonchev–Trinajstić information content (AvgIpc) is 2.83. The Morgan fingerprint density at radius 1 is 1.19 bits per heavy atom. The number of hydrogen-bond donors (Lipinski definition) is 2. The first-order valence-electron chi connectivity index (χ1n) is 7.11. The molecule has 6 heteroatoms. The second-order valence-electron chi connectivity index (χ2n) is 4.80. The monoisotopic (exact) mass is 288 g/mol. The molecule has 1 heterocycles. The molecule has 2 aromatic rings. The van der Waals surface area contributed by atoms with Crippen molar-refractivity contribution in [1.82, 2.24) is 14.9 Å². The summed E-state index contributed by atoms with van der Waals surface area (Å²) < 4.78 is 1.99. The van der Waals surface area contributed by atoms with Crippen LogP contribution < -0.4 is 10.6 Å². The molecule has 0 spiro atoms. The number of aryl methyl sites for hydroxylation is 1. The first kappa shape index (κ1) is 15.0. The third kappa shape index (κ3) is 3.59. The number of para-hydroxylation sites is 2. The highest BCUT2D eigenvalue weighted by atomic mass is 16.2. The minimum Gasteiger partial charge on any atom is -0.359 e. The number of nitrogens with one attached hydrogen (secondary N) is 2. The molecule has 1 aromatic carbocycles. The summed E-state index contributed by atoms with van der Waals surface area (Å²) in [6.07, 6.45) is 1.27. The Bertz CT molecular complexity index is 648. The summed E-state index contributed by atoms with van der Waals surface area (Å²) in [7, 11) is 1.56. The van der Waals surface area contributed by atoms with Gasteiger partial charge in [0.2, 0.25) is 17.8 Å². The van der Waals surface area contributed by atoms with E-state index in [1.807, 2.05) is 28.8 Å². The van der Waals surface area contributed by atoms with Gasteiger partial charge in [0, 0.05) is 26.4 Å². The van der Waals surface area contributed by atoms with E-state index < -0.39 is 0 Å². The first-order valence-corrected chi connectivity index (χ1v) is 7.11. The van der Waals surface area contributed by atoms with Crippen molar-refractivity contribution in [3.63, 3.8) is 0 Å². The first-order chi connectivity index (χ1) is 10.2. The van der Waals surface area contributed by atoms with Crippen molar-refractivity contribution < 1.29 is 9.59 Å². The van der Waals surface area contributed by atoms with E-state index in [1.54, 1.807) is 7.05 Å². The highest BCUT2D eigenvalue weighted by Crippen LogP contribution is 2.20. The summed E-state index contributed by atoms with van der Waals surface area (Å²) in [4.78, 5) is 27.5. The number of fused-ring (bicyclic) bond motifs is 1. The van der Waals surface area contributed by atoms with Crippen molar-refractivity contribution >= 4 is 28.8 Å². The normalized spacial score (nSPS) is 10.6. The molecule has 21 heavy (non-hydrogen) atoms. The van der Waals surface area contributed by atoms with E-state index in [0.717, 1.165) is 24.0 Å². The smallest absolute Gasteiger partial charge is 0.227 e. The third-order valence-electron chi connectivity index (χ3n) is 3.21. The molecule has 0 saturated heterocycles. The molecule has 0 aliphatic rings. The van der Waals surface area contributed by atoms with E-state index in [2.05, 4.69) is 22.5 Å². The molecule has 0 atom stereocenters. The fourth-order valence-electron chi connectivity index (χ4n) is 2.16. The van der Waals surface area contributed by atoms with Gasteiger partial charge in [0.05, 0.1) is 11.0 Å². The van der Waals surface area contributed by atoms with Gasteiger partial charge in [0.25, 0.3) is 0 Å².